The lowest BCUT2D eigenvalue weighted by Gasteiger charge is -2.41. The average Bonchev–Trinajstić information content (AvgIpc) is 2.60. The van der Waals surface area contributed by atoms with Gasteiger partial charge in [0.25, 0.3) is 0 Å². The van der Waals surface area contributed by atoms with E-state index in [0.717, 1.165) is 45.1 Å². The van der Waals surface area contributed by atoms with Crippen molar-refractivity contribution in [3.63, 3.8) is 0 Å². The normalized spacial score (nSPS) is 20.0. The Balaban J connectivity index is 0.00000156. The molecule has 25 heavy (non-hydrogen) atoms. The van der Waals surface area contributed by atoms with Gasteiger partial charge in [-0.25, -0.2) is 4.39 Å². The van der Waals surface area contributed by atoms with Crippen molar-refractivity contribution in [2.24, 2.45) is 5.92 Å². The van der Waals surface area contributed by atoms with Crippen LogP contribution in [-0.2, 0) is 0 Å². The summed E-state index contributed by atoms with van der Waals surface area (Å²) in [5, 5.41) is 22.8. The van der Waals surface area contributed by atoms with Gasteiger partial charge >= 0.3 is 0 Å². The van der Waals surface area contributed by atoms with Crippen molar-refractivity contribution in [2.45, 2.75) is 38.1 Å². The molecule has 1 heterocycles. The molecule has 0 bridgehead atoms. The monoisotopic (exact) mass is 389 g/mol. The van der Waals surface area contributed by atoms with Crippen molar-refractivity contribution in [3.8, 4) is 11.8 Å². The van der Waals surface area contributed by atoms with E-state index in [9.17, 15) is 9.50 Å². The van der Waals surface area contributed by atoms with Crippen LogP contribution in [0, 0.1) is 23.1 Å². The first-order valence-electron chi connectivity index (χ1n) is 8.58. The van der Waals surface area contributed by atoms with Crippen molar-refractivity contribution in [1.82, 2.24) is 10.2 Å². The fourth-order valence-electron chi connectivity index (χ4n) is 4.07. The molecule has 0 unspecified atom stereocenters. The smallest absolute Gasteiger partial charge is 0.166 e. The maximum absolute atomic E-state index is 14.1. The minimum atomic E-state index is -0.685. The molecule has 7 heteroatoms. The number of rotatable bonds is 3. The number of halogens is 3. The predicted molar refractivity (Wildman–Crippen MR) is 101 cm³/mol. The van der Waals surface area contributed by atoms with Gasteiger partial charge in [-0.15, -0.1) is 24.8 Å². The Hall–Kier alpha value is -1.06. The van der Waals surface area contributed by atoms with E-state index in [0.29, 0.717) is 11.5 Å². The minimum absolute atomic E-state index is 0. The number of nitriles is 1. The maximum atomic E-state index is 14.1. The largest absolute Gasteiger partial charge is 0.505 e. The molecule has 4 nitrogen and oxygen atoms in total. The molecule has 2 N–H and O–H groups in total. The molecule has 2 aliphatic rings. The number of hydrogen-bond acceptors (Lipinski definition) is 4. The van der Waals surface area contributed by atoms with Crippen molar-refractivity contribution < 1.29 is 9.50 Å². The molecular weight excluding hydrogens is 364 g/mol. The van der Waals surface area contributed by atoms with E-state index in [1.807, 2.05) is 6.07 Å². The van der Waals surface area contributed by atoms with Gasteiger partial charge in [0, 0.05) is 37.8 Å². The van der Waals surface area contributed by atoms with E-state index in [2.05, 4.69) is 10.2 Å². The number of phenolic OH excluding ortho intramolecular Hbond substituents is 1. The molecule has 2 fully saturated rings. The maximum Gasteiger partial charge on any atom is 0.166 e. The second kappa shape index (κ2) is 10.2. The zero-order valence-corrected chi connectivity index (χ0v) is 15.8. The van der Waals surface area contributed by atoms with E-state index < -0.39 is 5.82 Å². The first kappa shape index (κ1) is 22.0. The molecule has 1 aromatic carbocycles. The summed E-state index contributed by atoms with van der Waals surface area (Å²) < 4.78 is 14.1. The Morgan fingerprint density at radius 3 is 2.40 bits per heavy atom. The first-order chi connectivity index (χ1) is 11.2. The van der Waals surface area contributed by atoms with Crippen LogP contribution in [0.5, 0.6) is 5.75 Å². The summed E-state index contributed by atoms with van der Waals surface area (Å²) in [5.74, 6) is -0.547. The molecule has 1 aliphatic heterocycles. The van der Waals surface area contributed by atoms with Gasteiger partial charge in [-0.1, -0.05) is 19.3 Å². The number of phenols is 1. The Kier molecular flexibility index (Phi) is 8.95. The Morgan fingerprint density at radius 1 is 1.16 bits per heavy atom. The van der Waals surface area contributed by atoms with Crippen LogP contribution < -0.4 is 5.32 Å². The molecule has 140 valence electrons. The summed E-state index contributed by atoms with van der Waals surface area (Å²) in [6, 6.07) is 4.81. The number of benzene rings is 1. The molecule has 3 rings (SSSR count). The highest BCUT2D eigenvalue weighted by atomic mass is 35.5. The van der Waals surface area contributed by atoms with E-state index in [-0.39, 0.29) is 42.2 Å². The molecule has 1 aromatic rings. The van der Waals surface area contributed by atoms with Crippen LogP contribution in [0.4, 0.5) is 4.39 Å². The lowest BCUT2D eigenvalue weighted by Crippen LogP contribution is -2.47. The summed E-state index contributed by atoms with van der Waals surface area (Å²) in [6.07, 6.45) is 5.84. The van der Waals surface area contributed by atoms with Crippen LogP contribution in [-0.4, -0.2) is 36.2 Å². The van der Waals surface area contributed by atoms with Crippen LogP contribution in [0.15, 0.2) is 12.1 Å². The lowest BCUT2D eigenvalue weighted by atomic mass is 9.79. The van der Waals surface area contributed by atoms with Crippen molar-refractivity contribution >= 4 is 24.8 Å². The van der Waals surface area contributed by atoms with Gasteiger partial charge < -0.3 is 10.4 Å². The third-order valence-corrected chi connectivity index (χ3v) is 5.18. The number of hydrogen-bond donors (Lipinski definition) is 2. The second-order valence-electron chi connectivity index (χ2n) is 6.64. The Morgan fingerprint density at radius 2 is 1.80 bits per heavy atom. The lowest BCUT2D eigenvalue weighted by molar-refractivity contribution is 0.101. The molecule has 1 atom stereocenters. The number of piperazine rings is 1. The van der Waals surface area contributed by atoms with Gasteiger partial charge in [0.2, 0.25) is 0 Å². The van der Waals surface area contributed by atoms with Gasteiger partial charge in [0.15, 0.2) is 11.6 Å². The standard InChI is InChI=1S/C18H24FN3O.2ClH/c19-16-11-13(12-20)10-15(18(16)23)17(14-4-2-1-3-5-14)22-8-6-21-7-9-22;;/h10-11,14,17,21,23H,1-9H2;2*1H/t17-;;/m0../s1. The molecule has 0 amide bonds. The molecule has 0 radical (unpaired) electrons. The predicted octanol–water partition coefficient (Wildman–Crippen LogP) is 3.77. The van der Waals surface area contributed by atoms with E-state index in [1.54, 1.807) is 6.07 Å². The van der Waals surface area contributed by atoms with Crippen molar-refractivity contribution in [1.29, 1.82) is 5.26 Å². The van der Waals surface area contributed by atoms with Gasteiger partial charge in [-0.05, 0) is 30.9 Å². The topological polar surface area (TPSA) is 59.3 Å². The average molecular weight is 390 g/mol. The van der Waals surface area contributed by atoms with Crippen LogP contribution in [0.3, 0.4) is 0 Å². The third-order valence-electron chi connectivity index (χ3n) is 5.18. The molecule has 1 saturated carbocycles. The van der Waals surface area contributed by atoms with Gasteiger partial charge in [0.1, 0.15) is 0 Å². The molecule has 0 spiro atoms. The van der Waals surface area contributed by atoms with Crippen molar-refractivity contribution in [3.05, 3.63) is 29.1 Å². The molecule has 1 aliphatic carbocycles. The SMILES string of the molecule is Cl.Cl.N#Cc1cc(F)c(O)c([C@H](C2CCCCC2)N2CCNCC2)c1. The van der Waals surface area contributed by atoms with Crippen LogP contribution in [0.1, 0.15) is 49.3 Å². The third kappa shape index (κ3) is 4.98. The zero-order valence-electron chi connectivity index (χ0n) is 14.2. The summed E-state index contributed by atoms with van der Waals surface area (Å²) >= 11 is 0. The highest BCUT2D eigenvalue weighted by molar-refractivity contribution is 5.85. The Labute approximate surface area is 161 Å². The number of nitrogens with one attached hydrogen (secondary N) is 1. The van der Waals surface area contributed by atoms with Crippen LogP contribution in [0.25, 0.3) is 0 Å². The van der Waals surface area contributed by atoms with Crippen molar-refractivity contribution in [2.75, 3.05) is 26.2 Å². The van der Waals surface area contributed by atoms with Gasteiger partial charge in [0.05, 0.1) is 11.6 Å². The summed E-state index contributed by atoms with van der Waals surface area (Å²) in [4.78, 5) is 2.35. The summed E-state index contributed by atoms with van der Waals surface area (Å²) in [7, 11) is 0. The summed E-state index contributed by atoms with van der Waals surface area (Å²) in [6.45, 7) is 3.59. The highest BCUT2D eigenvalue weighted by Gasteiger charge is 2.33. The number of aromatic hydroxyl groups is 1. The fourth-order valence-corrected chi connectivity index (χ4v) is 4.07. The Bertz CT molecular complexity index is 579. The molecule has 1 saturated heterocycles. The van der Waals surface area contributed by atoms with Gasteiger partial charge in [-0.2, -0.15) is 5.26 Å². The van der Waals surface area contributed by atoms with E-state index in [1.165, 1.54) is 19.3 Å². The van der Waals surface area contributed by atoms with Gasteiger partial charge in [-0.3, -0.25) is 4.90 Å². The first-order valence-corrected chi connectivity index (χ1v) is 8.58. The quantitative estimate of drug-likeness (QED) is 0.825. The number of nitrogens with zero attached hydrogens (tertiary/aromatic N) is 2. The van der Waals surface area contributed by atoms with E-state index >= 15 is 0 Å². The summed E-state index contributed by atoms with van der Waals surface area (Å²) in [5.41, 5.74) is 0.876. The molecular formula is C18H26Cl2FN3O. The van der Waals surface area contributed by atoms with E-state index in [4.69, 9.17) is 5.26 Å². The van der Waals surface area contributed by atoms with Crippen LogP contribution >= 0.6 is 24.8 Å². The second-order valence-corrected chi connectivity index (χ2v) is 6.64. The van der Waals surface area contributed by atoms with Crippen LogP contribution in [0.2, 0.25) is 0 Å². The minimum Gasteiger partial charge on any atom is -0.505 e. The zero-order chi connectivity index (χ0) is 16.2. The fraction of sp³-hybridized carbons (Fsp3) is 0.611. The highest BCUT2D eigenvalue weighted by Crippen LogP contribution is 2.42. The molecule has 0 aromatic heterocycles.